The van der Waals surface area contributed by atoms with Gasteiger partial charge in [0, 0.05) is 11.5 Å². The van der Waals surface area contributed by atoms with Crippen molar-refractivity contribution in [3.05, 3.63) is 33.5 Å². The van der Waals surface area contributed by atoms with Gasteiger partial charge in [0.05, 0.1) is 11.1 Å². The first-order valence-electron chi connectivity index (χ1n) is 4.06. The molecule has 1 aromatic carbocycles. The summed E-state index contributed by atoms with van der Waals surface area (Å²) in [6, 6.07) is 1.56. The monoisotopic (exact) mass is 299 g/mol. The van der Waals surface area contributed by atoms with Crippen LogP contribution in [0.5, 0.6) is 0 Å². The predicted octanol–water partition coefficient (Wildman–Crippen LogP) is 2.97. The fraction of sp³-hybridized carbons (Fsp3) is 0.222. The molecule has 1 amide bonds. The third kappa shape index (κ3) is 2.34. The number of benzene rings is 1. The molecule has 0 aromatic heterocycles. The highest BCUT2D eigenvalue weighted by atomic mass is 79.9. The Labute approximate surface area is 96.8 Å². The van der Waals surface area contributed by atoms with Crippen LogP contribution in [-0.2, 0) is 6.18 Å². The molecule has 0 saturated heterocycles. The zero-order valence-electron chi connectivity index (χ0n) is 7.95. The third-order valence-corrected chi connectivity index (χ3v) is 2.51. The molecule has 1 aromatic rings. The highest BCUT2D eigenvalue weighted by molar-refractivity contribution is 9.10. The number of halogens is 5. The van der Waals surface area contributed by atoms with Gasteiger partial charge < -0.3 is 5.32 Å². The molecule has 0 aliphatic heterocycles. The van der Waals surface area contributed by atoms with Crippen molar-refractivity contribution >= 4 is 21.8 Å². The molecule has 0 atom stereocenters. The van der Waals surface area contributed by atoms with Crippen molar-refractivity contribution in [1.29, 1.82) is 0 Å². The molecule has 0 radical (unpaired) electrons. The molecule has 7 heteroatoms. The molecule has 1 rings (SSSR count). The summed E-state index contributed by atoms with van der Waals surface area (Å²) in [5.74, 6) is -2.50. The van der Waals surface area contributed by atoms with Crippen LogP contribution in [0.15, 0.2) is 16.6 Å². The van der Waals surface area contributed by atoms with Crippen molar-refractivity contribution in [1.82, 2.24) is 5.32 Å². The fourth-order valence-corrected chi connectivity index (χ4v) is 1.59. The van der Waals surface area contributed by atoms with E-state index in [9.17, 15) is 22.4 Å². The first kappa shape index (κ1) is 13.0. The van der Waals surface area contributed by atoms with E-state index in [4.69, 9.17) is 0 Å². The van der Waals surface area contributed by atoms with E-state index in [-0.39, 0.29) is 4.47 Å². The van der Waals surface area contributed by atoms with E-state index in [1.807, 2.05) is 0 Å². The number of hydrogen-bond donors (Lipinski definition) is 1. The highest BCUT2D eigenvalue weighted by Crippen LogP contribution is 2.34. The van der Waals surface area contributed by atoms with E-state index in [1.165, 1.54) is 7.05 Å². The second kappa shape index (κ2) is 4.40. The Morgan fingerprint density at radius 1 is 1.38 bits per heavy atom. The molecule has 88 valence electrons. The molecular weight excluding hydrogens is 294 g/mol. The van der Waals surface area contributed by atoms with E-state index in [1.54, 1.807) is 0 Å². The topological polar surface area (TPSA) is 29.1 Å². The molecule has 0 heterocycles. The summed E-state index contributed by atoms with van der Waals surface area (Å²) in [6.45, 7) is 0. The minimum absolute atomic E-state index is 0.0302. The molecule has 16 heavy (non-hydrogen) atoms. The smallest absolute Gasteiger partial charge is 0.355 e. The molecule has 1 N–H and O–H groups in total. The van der Waals surface area contributed by atoms with Gasteiger partial charge in [-0.3, -0.25) is 4.79 Å². The Morgan fingerprint density at radius 3 is 2.38 bits per heavy atom. The average Bonchev–Trinajstić information content (AvgIpc) is 2.15. The summed E-state index contributed by atoms with van der Waals surface area (Å²) < 4.78 is 50.4. The van der Waals surface area contributed by atoms with Crippen LogP contribution in [0.3, 0.4) is 0 Å². The molecule has 0 unspecified atom stereocenters. The van der Waals surface area contributed by atoms with E-state index >= 15 is 0 Å². The SMILES string of the molecule is CNC(=O)c1c(Br)ccc(C(F)(F)F)c1F. The molecule has 0 spiro atoms. The van der Waals surface area contributed by atoms with Gasteiger partial charge in [0.25, 0.3) is 5.91 Å². The lowest BCUT2D eigenvalue weighted by molar-refractivity contribution is -0.140. The summed E-state index contributed by atoms with van der Waals surface area (Å²) in [5, 5.41) is 2.07. The second-order valence-corrected chi connectivity index (χ2v) is 3.72. The molecule has 2 nitrogen and oxygen atoms in total. The first-order chi connectivity index (χ1) is 7.29. The number of amides is 1. The van der Waals surface area contributed by atoms with Gasteiger partial charge in [0.2, 0.25) is 0 Å². The van der Waals surface area contributed by atoms with Gasteiger partial charge in [0.1, 0.15) is 5.82 Å². The number of carbonyl (C=O) groups excluding carboxylic acids is 1. The number of hydrogen-bond acceptors (Lipinski definition) is 1. The van der Waals surface area contributed by atoms with E-state index in [2.05, 4.69) is 21.2 Å². The molecular formula is C9H6BrF4NO. The summed E-state index contributed by atoms with van der Waals surface area (Å²) in [5.41, 5.74) is -2.12. The van der Waals surface area contributed by atoms with Crippen molar-refractivity contribution in [2.75, 3.05) is 7.05 Å². The molecule has 0 aliphatic rings. The quantitative estimate of drug-likeness (QED) is 0.794. The minimum atomic E-state index is -4.83. The Hall–Kier alpha value is -1.11. The van der Waals surface area contributed by atoms with Gasteiger partial charge >= 0.3 is 6.18 Å². The largest absolute Gasteiger partial charge is 0.419 e. The summed E-state index contributed by atoms with van der Waals surface area (Å²) in [7, 11) is 1.20. The van der Waals surface area contributed by atoms with Crippen LogP contribution in [0.4, 0.5) is 17.6 Å². The number of nitrogens with one attached hydrogen (secondary N) is 1. The van der Waals surface area contributed by atoms with Gasteiger partial charge in [-0.25, -0.2) is 4.39 Å². The number of alkyl halides is 3. The molecule has 0 saturated carbocycles. The average molecular weight is 300 g/mol. The summed E-state index contributed by atoms with van der Waals surface area (Å²) in [4.78, 5) is 11.2. The maximum Gasteiger partial charge on any atom is 0.419 e. The lowest BCUT2D eigenvalue weighted by atomic mass is 10.1. The van der Waals surface area contributed by atoms with E-state index in [0.29, 0.717) is 6.07 Å². The summed E-state index contributed by atoms with van der Waals surface area (Å²) >= 11 is 2.82. The molecule has 0 aliphatic carbocycles. The van der Waals surface area contributed by atoms with Crippen LogP contribution >= 0.6 is 15.9 Å². The lowest BCUT2D eigenvalue weighted by Gasteiger charge is -2.11. The first-order valence-corrected chi connectivity index (χ1v) is 4.85. The maximum atomic E-state index is 13.5. The van der Waals surface area contributed by atoms with Gasteiger partial charge in [-0.2, -0.15) is 13.2 Å². The third-order valence-electron chi connectivity index (χ3n) is 1.85. The molecule has 0 fully saturated rings. The number of carbonyl (C=O) groups is 1. The van der Waals surface area contributed by atoms with Crippen LogP contribution < -0.4 is 5.32 Å². The van der Waals surface area contributed by atoms with Crippen molar-refractivity contribution in [3.8, 4) is 0 Å². The van der Waals surface area contributed by atoms with Gasteiger partial charge in [-0.05, 0) is 28.1 Å². The van der Waals surface area contributed by atoms with Crippen LogP contribution in [-0.4, -0.2) is 13.0 Å². The number of rotatable bonds is 1. The maximum absolute atomic E-state index is 13.5. The van der Waals surface area contributed by atoms with Gasteiger partial charge in [-0.15, -0.1) is 0 Å². The van der Waals surface area contributed by atoms with Crippen molar-refractivity contribution in [2.45, 2.75) is 6.18 Å². The minimum Gasteiger partial charge on any atom is -0.355 e. The Balaban J connectivity index is 3.45. The standard InChI is InChI=1S/C9H6BrF4NO/c1-15-8(16)6-5(10)3-2-4(7(6)11)9(12,13)14/h2-3H,1H3,(H,15,16). The normalized spacial score (nSPS) is 11.4. The Kier molecular flexibility index (Phi) is 3.57. The fourth-order valence-electron chi connectivity index (χ4n) is 1.10. The van der Waals surface area contributed by atoms with E-state index < -0.39 is 29.0 Å². The van der Waals surface area contributed by atoms with Gasteiger partial charge in [-0.1, -0.05) is 0 Å². The summed E-state index contributed by atoms with van der Waals surface area (Å²) in [6.07, 6.45) is -4.83. The molecule has 0 bridgehead atoms. The van der Waals surface area contributed by atoms with Crippen LogP contribution in [0, 0.1) is 5.82 Å². The Bertz CT molecular complexity index is 430. The predicted molar refractivity (Wildman–Crippen MR) is 52.5 cm³/mol. The van der Waals surface area contributed by atoms with Gasteiger partial charge in [0.15, 0.2) is 0 Å². The van der Waals surface area contributed by atoms with Crippen LogP contribution in [0.1, 0.15) is 15.9 Å². The zero-order valence-corrected chi connectivity index (χ0v) is 9.54. The lowest BCUT2D eigenvalue weighted by Crippen LogP contribution is -2.22. The van der Waals surface area contributed by atoms with Crippen molar-refractivity contribution in [3.63, 3.8) is 0 Å². The van der Waals surface area contributed by atoms with E-state index in [0.717, 1.165) is 6.07 Å². The van der Waals surface area contributed by atoms with Crippen molar-refractivity contribution < 1.29 is 22.4 Å². The Morgan fingerprint density at radius 2 is 1.94 bits per heavy atom. The highest BCUT2D eigenvalue weighted by Gasteiger charge is 2.36. The van der Waals surface area contributed by atoms with Crippen molar-refractivity contribution in [2.24, 2.45) is 0 Å². The van der Waals surface area contributed by atoms with Crippen LogP contribution in [0.2, 0.25) is 0 Å². The second-order valence-electron chi connectivity index (χ2n) is 2.86. The zero-order chi connectivity index (χ0) is 12.5. The van der Waals surface area contributed by atoms with Crippen LogP contribution in [0.25, 0.3) is 0 Å².